The Kier molecular flexibility index (Phi) is 11.0. The van der Waals surface area contributed by atoms with Gasteiger partial charge in [-0.1, -0.05) is 60.1 Å². The molecule has 57 heavy (non-hydrogen) atoms. The van der Waals surface area contributed by atoms with Gasteiger partial charge in [-0.25, -0.2) is 4.79 Å². The minimum absolute atomic E-state index is 0.0337. The van der Waals surface area contributed by atoms with Gasteiger partial charge < -0.3 is 64.9 Å². The molecule has 9 N–H and O–H groups in total. The monoisotopic (exact) mass is 810 g/mol. The summed E-state index contributed by atoms with van der Waals surface area (Å²) in [5.41, 5.74) is -1.37. The molecule has 2 aliphatic heterocycles. The number of hydrogen-bond acceptors (Lipinski definition) is 14. The van der Waals surface area contributed by atoms with E-state index < -0.39 is 103 Å². The van der Waals surface area contributed by atoms with E-state index in [0.717, 1.165) is 25.7 Å². The maximum atomic E-state index is 14.6. The summed E-state index contributed by atoms with van der Waals surface area (Å²) in [5, 5.41) is 94.4. The zero-order valence-corrected chi connectivity index (χ0v) is 34.3. The molecule has 0 aromatic carbocycles. The fourth-order valence-electron chi connectivity index (χ4n) is 13.7. The van der Waals surface area contributed by atoms with Gasteiger partial charge in [0.15, 0.2) is 12.4 Å². The molecule has 0 aromatic rings. The predicted molar refractivity (Wildman–Crippen MR) is 199 cm³/mol. The van der Waals surface area contributed by atoms with E-state index >= 15 is 0 Å². The molecular formula is C42H66O15. The molecule has 0 unspecified atom stereocenters. The van der Waals surface area contributed by atoms with Gasteiger partial charge in [-0.15, -0.1) is 0 Å². The predicted octanol–water partition coefficient (Wildman–Crippen LogP) is 1.38. The summed E-state index contributed by atoms with van der Waals surface area (Å²) in [5.74, 6) is -2.03. The third-order valence-electron chi connectivity index (χ3n) is 17.1. The van der Waals surface area contributed by atoms with Crippen LogP contribution < -0.4 is 0 Å². The van der Waals surface area contributed by atoms with Crippen LogP contribution in [0.5, 0.6) is 0 Å². The highest BCUT2D eigenvalue weighted by molar-refractivity contribution is 5.79. The highest BCUT2D eigenvalue weighted by atomic mass is 16.7. The van der Waals surface area contributed by atoms with Gasteiger partial charge in [-0.05, 0) is 103 Å². The Balaban J connectivity index is 1.17. The average Bonchev–Trinajstić information content (AvgIpc) is 3.13. The summed E-state index contributed by atoms with van der Waals surface area (Å²) < 4.78 is 23.3. The SMILES string of the molecule is CC1(C)CC[C@]2(C(=O)O[C@H]3O[C@@H](CO)[C@H](O)[C@@H](O)[C@@H]3O)CC[C@]3(C)C(=CC[C@@H]4[C@@]5(C)C[C@@H](O)[C@H](O[C@@H]6O[C@H](C(=O)O)[C@H](O)[C@@H](O)[C@@H]6O)C(C)(C)[C@@H]5CC[C@]43C)[C@@H]2C1. The minimum atomic E-state index is -1.86. The van der Waals surface area contributed by atoms with Crippen molar-refractivity contribution in [2.24, 2.45) is 50.2 Å². The number of carboxylic acids is 1. The van der Waals surface area contributed by atoms with Gasteiger partial charge in [0.25, 0.3) is 0 Å². The first kappa shape index (κ1) is 43.3. The van der Waals surface area contributed by atoms with Crippen LogP contribution in [0.4, 0.5) is 0 Å². The molecule has 0 spiro atoms. The second-order valence-electron chi connectivity index (χ2n) is 20.9. The number of carbonyl (C=O) groups is 2. The summed E-state index contributed by atoms with van der Waals surface area (Å²) in [6, 6.07) is 0. The number of carbonyl (C=O) groups excluding carboxylic acids is 1. The summed E-state index contributed by atoms with van der Waals surface area (Å²) in [4.78, 5) is 26.4. The molecule has 15 heteroatoms. The van der Waals surface area contributed by atoms with Crippen molar-refractivity contribution in [2.75, 3.05) is 6.61 Å². The average molecular weight is 811 g/mol. The number of ether oxygens (including phenoxy) is 4. The largest absolute Gasteiger partial charge is 0.479 e. The summed E-state index contributed by atoms with van der Waals surface area (Å²) in [7, 11) is 0. The van der Waals surface area contributed by atoms with E-state index in [1.54, 1.807) is 0 Å². The molecule has 0 aromatic heterocycles. The Bertz CT molecular complexity index is 1600. The number of aliphatic carboxylic acids is 1. The van der Waals surface area contributed by atoms with Crippen LogP contribution in [0, 0.1) is 50.2 Å². The van der Waals surface area contributed by atoms with Crippen molar-refractivity contribution in [3.05, 3.63) is 11.6 Å². The van der Waals surface area contributed by atoms with Crippen molar-refractivity contribution < 1.29 is 74.5 Å². The number of aliphatic hydroxyl groups is 8. The number of esters is 1. The van der Waals surface area contributed by atoms with Gasteiger partial charge in [0.05, 0.1) is 24.2 Å². The van der Waals surface area contributed by atoms with E-state index in [1.165, 1.54) is 5.57 Å². The molecule has 19 atom stereocenters. The van der Waals surface area contributed by atoms with E-state index in [2.05, 4.69) is 40.7 Å². The van der Waals surface area contributed by atoms with Gasteiger partial charge in [0.2, 0.25) is 6.29 Å². The lowest BCUT2D eigenvalue weighted by Crippen LogP contribution is -2.68. The number of hydrogen-bond donors (Lipinski definition) is 9. The van der Waals surface area contributed by atoms with Gasteiger partial charge in [0, 0.05) is 0 Å². The lowest BCUT2D eigenvalue weighted by molar-refractivity contribution is -0.336. The van der Waals surface area contributed by atoms with E-state index in [9.17, 15) is 55.5 Å². The van der Waals surface area contributed by atoms with Crippen LogP contribution in [-0.4, -0.2) is 138 Å². The third-order valence-corrected chi connectivity index (χ3v) is 17.1. The smallest absolute Gasteiger partial charge is 0.335 e. The number of aliphatic hydroxyl groups excluding tert-OH is 8. The van der Waals surface area contributed by atoms with E-state index in [0.29, 0.717) is 32.1 Å². The Morgan fingerprint density at radius 3 is 2.04 bits per heavy atom. The third kappa shape index (κ3) is 6.39. The second kappa shape index (κ2) is 14.4. The van der Waals surface area contributed by atoms with Gasteiger partial charge in [0.1, 0.15) is 42.7 Å². The molecule has 0 bridgehead atoms. The normalized spacial score (nSPS) is 52.9. The number of allylic oxidation sites excluding steroid dienone is 2. The highest BCUT2D eigenvalue weighted by Gasteiger charge is 2.71. The molecule has 0 amide bonds. The lowest BCUT2D eigenvalue weighted by Gasteiger charge is -2.71. The number of fused-ring (bicyclic) bond motifs is 7. The van der Waals surface area contributed by atoms with Gasteiger partial charge >= 0.3 is 11.9 Å². The first-order valence-corrected chi connectivity index (χ1v) is 20.9. The maximum absolute atomic E-state index is 14.6. The Morgan fingerprint density at radius 1 is 0.754 bits per heavy atom. The fraction of sp³-hybridized carbons (Fsp3) is 0.905. The van der Waals surface area contributed by atoms with Crippen molar-refractivity contribution in [1.29, 1.82) is 0 Å². The molecule has 5 aliphatic carbocycles. The molecule has 0 radical (unpaired) electrons. The molecule has 6 fully saturated rings. The quantitative estimate of drug-likeness (QED) is 0.104. The Labute approximate surface area is 334 Å². The maximum Gasteiger partial charge on any atom is 0.335 e. The Morgan fingerprint density at radius 2 is 1.39 bits per heavy atom. The van der Waals surface area contributed by atoms with Crippen LogP contribution in [0.15, 0.2) is 11.6 Å². The van der Waals surface area contributed by atoms with Gasteiger partial charge in [-0.3, -0.25) is 4.79 Å². The standard InChI is InChI=1S/C42H66O15/c1-37(2)12-14-42(36(53)57-34-29(49)26(46)25(45)22(18-43)54-34)15-13-40(6)19(20(42)16-37)8-9-24-39(5)17-21(44)32(38(3,4)23(39)10-11-41(24,40)7)56-35-30(50)27(47)28(48)31(55-35)33(51)52/h8,20-32,34-35,43-50H,9-18H2,1-7H3,(H,51,52)/t20-,21+,22-,23-,24+,25-,26+,27+,28+,29-,30-,31-,32-,34+,35-,39-,40+,41+,42-/m0/s1. The summed E-state index contributed by atoms with van der Waals surface area (Å²) in [6.45, 7) is 14.8. The van der Waals surface area contributed by atoms with Crippen molar-refractivity contribution in [1.82, 2.24) is 0 Å². The summed E-state index contributed by atoms with van der Waals surface area (Å²) in [6.07, 6.45) is -10.0. The topological polar surface area (TPSA) is 253 Å². The first-order valence-electron chi connectivity index (χ1n) is 20.9. The second-order valence-corrected chi connectivity index (χ2v) is 20.9. The molecule has 15 nitrogen and oxygen atoms in total. The molecule has 7 aliphatic rings. The molecule has 2 heterocycles. The van der Waals surface area contributed by atoms with Crippen molar-refractivity contribution in [3.8, 4) is 0 Å². The van der Waals surface area contributed by atoms with Crippen molar-refractivity contribution in [2.45, 2.75) is 180 Å². The van der Waals surface area contributed by atoms with Crippen LogP contribution in [0.25, 0.3) is 0 Å². The first-order chi connectivity index (χ1) is 26.4. The number of carboxylic acid groups (broad SMARTS) is 1. The summed E-state index contributed by atoms with van der Waals surface area (Å²) >= 11 is 0. The van der Waals surface area contributed by atoms with E-state index in [1.807, 2.05) is 13.8 Å². The van der Waals surface area contributed by atoms with E-state index in [-0.39, 0.29) is 39.4 Å². The zero-order chi connectivity index (χ0) is 42.0. The zero-order valence-electron chi connectivity index (χ0n) is 34.3. The number of rotatable bonds is 6. The Hall–Kier alpha value is -1.76. The van der Waals surface area contributed by atoms with Crippen LogP contribution >= 0.6 is 0 Å². The van der Waals surface area contributed by atoms with Crippen molar-refractivity contribution >= 4 is 11.9 Å². The van der Waals surface area contributed by atoms with Gasteiger partial charge in [-0.2, -0.15) is 0 Å². The van der Waals surface area contributed by atoms with Crippen LogP contribution in [0.1, 0.15) is 106 Å². The highest BCUT2D eigenvalue weighted by Crippen LogP contribution is 2.76. The van der Waals surface area contributed by atoms with Crippen LogP contribution in [0.3, 0.4) is 0 Å². The molecule has 7 rings (SSSR count). The molecule has 4 saturated carbocycles. The lowest BCUT2D eigenvalue weighted by atomic mass is 9.33. The minimum Gasteiger partial charge on any atom is -0.479 e. The van der Waals surface area contributed by atoms with Crippen LogP contribution in [-0.2, 0) is 28.5 Å². The van der Waals surface area contributed by atoms with E-state index in [4.69, 9.17) is 18.9 Å². The molecule has 324 valence electrons. The molecule has 2 saturated heterocycles. The molecular weight excluding hydrogens is 744 g/mol. The van der Waals surface area contributed by atoms with Crippen LogP contribution in [0.2, 0.25) is 0 Å². The fourth-order valence-corrected chi connectivity index (χ4v) is 13.7. The van der Waals surface area contributed by atoms with Crippen molar-refractivity contribution in [3.63, 3.8) is 0 Å².